The first-order chi connectivity index (χ1) is 8.03. The van der Waals surface area contributed by atoms with E-state index >= 15 is 0 Å². The molecule has 94 valence electrons. The highest BCUT2D eigenvalue weighted by Crippen LogP contribution is 2.33. The van der Waals surface area contributed by atoms with Crippen LogP contribution in [0.4, 0.5) is 10.1 Å². The van der Waals surface area contributed by atoms with E-state index in [4.69, 9.17) is 5.73 Å². The van der Waals surface area contributed by atoms with Gasteiger partial charge in [-0.2, -0.15) is 0 Å². The summed E-state index contributed by atoms with van der Waals surface area (Å²) in [7, 11) is 0. The fraction of sp³-hybridized carbons (Fsp3) is 0.571. The van der Waals surface area contributed by atoms with Crippen LogP contribution in [0.5, 0.6) is 0 Å². The molecule has 2 rings (SSSR count). The van der Waals surface area contributed by atoms with E-state index in [1.165, 1.54) is 12.5 Å². The molecule has 0 atom stereocenters. The fourth-order valence-corrected chi connectivity index (χ4v) is 2.67. The molecule has 0 amide bonds. The molecule has 1 aromatic carbocycles. The lowest BCUT2D eigenvalue weighted by Gasteiger charge is -2.40. The third-order valence-corrected chi connectivity index (χ3v) is 3.54. The average molecular weight is 236 g/mol. The van der Waals surface area contributed by atoms with Gasteiger partial charge in [0, 0.05) is 30.9 Å². The molecule has 0 bridgehead atoms. The first kappa shape index (κ1) is 12.4. The molecule has 1 aliphatic rings. The average Bonchev–Trinajstić information content (AvgIpc) is 2.27. The molecule has 1 aliphatic heterocycles. The lowest BCUT2D eigenvalue weighted by atomic mass is 9.84. The number of halogens is 1. The molecule has 1 saturated heterocycles. The van der Waals surface area contributed by atoms with Crippen LogP contribution in [-0.2, 0) is 6.54 Å². The molecule has 0 unspecified atom stereocenters. The Morgan fingerprint density at radius 1 is 1.41 bits per heavy atom. The van der Waals surface area contributed by atoms with E-state index in [2.05, 4.69) is 18.7 Å². The molecule has 1 heterocycles. The molecular formula is C14H21FN2. The van der Waals surface area contributed by atoms with Crippen LogP contribution in [0.25, 0.3) is 0 Å². The van der Waals surface area contributed by atoms with Crippen molar-refractivity contribution in [3.63, 3.8) is 0 Å². The number of piperidine rings is 1. The van der Waals surface area contributed by atoms with Crippen LogP contribution in [-0.4, -0.2) is 13.1 Å². The molecule has 0 saturated carbocycles. The van der Waals surface area contributed by atoms with E-state index in [9.17, 15) is 4.39 Å². The molecule has 17 heavy (non-hydrogen) atoms. The number of anilines is 1. The Morgan fingerprint density at radius 2 is 2.18 bits per heavy atom. The molecule has 0 aromatic heterocycles. The first-order valence-corrected chi connectivity index (χ1v) is 6.26. The second-order valence-electron chi connectivity index (χ2n) is 5.63. The summed E-state index contributed by atoms with van der Waals surface area (Å²) in [4.78, 5) is 2.27. The summed E-state index contributed by atoms with van der Waals surface area (Å²) in [6, 6.07) is 5.24. The van der Waals surface area contributed by atoms with E-state index in [0.717, 1.165) is 25.2 Å². The smallest absolute Gasteiger partial charge is 0.129 e. The van der Waals surface area contributed by atoms with Crippen molar-refractivity contribution in [3.05, 3.63) is 29.6 Å². The van der Waals surface area contributed by atoms with Gasteiger partial charge in [-0.3, -0.25) is 0 Å². The highest BCUT2D eigenvalue weighted by atomic mass is 19.1. The Kier molecular flexibility index (Phi) is 3.38. The summed E-state index contributed by atoms with van der Waals surface area (Å²) >= 11 is 0. The maximum absolute atomic E-state index is 13.7. The standard InChI is InChI=1S/C14H21FN2/c1-14(2)7-4-8-17(10-14)13-6-3-5-12(15)11(13)9-16/h3,5-6H,4,7-10,16H2,1-2H3. The van der Waals surface area contributed by atoms with Gasteiger partial charge in [-0.1, -0.05) is 19.9 Å². The Morgan fingerprint density at radius 3 is 2.82 bits per heavy atom. The van der Waals surface area contributed by atoms with Crippen LogP contribution in [0.15, 0.2) is 18.2 Å². The minimum Gasteiger partial charge on any atom is -0.371 e. The summed E-state index contributed by atoms with van der Waals surface area (Å²) in [6.07, 6.45) is 2.39. The van der Waals surface area contributed by atoms with Crippen LogP contribution in [0.2, 0.25) is 0 Å². The number of nitrogens with zero attached hydrogens (tertiary/aromatic N) is 1. The van der Waals surface area contributed by atoms with E-state index in [1.54, 1.807) is 6.07 Å². The highest BCUT2D eigenvalue weighted by molar-refractivity contribution is 5.54. The molecule has 0 aliphatic carbocycles. The predicted octanol–water partition coefficient (Wildman–Crippen LogP) is 2.91. The summed E-state index contributed by atoms with van der Waals surface area (Å²) in [5.41, 5.74) is 7.58. The summed E-state index contributed by atoms with van der Waals surface area (Å²) < 4.78 is 13.7. The van der Waals surface area contributed by atoms with Gasteiger partial charge in [0.2, 0.25) is 0 Å². The van der Waals surface area contributed by atoms with Crippen molar-refractivity contribution in [2.45, 2.75) is 33.2 Å². The molecule has 3 heteroatoms. The van der Waals surface area contributed by atoms with E-state index in [0.29, 0.717) is 11.0 Å². The monoisotopic (exact) mass is 236 g/mol. The summed E-state index contributed by atoms with van der Waals surface area (Å²) in [5, 5.41) is 0. The molecule has 0 radical (unpaired) electrons. The zero-order valence-corrected chi connectivity index (χ0v) is 10.7. The van der Waals surface area contributed by atoms with Gasteiger partial charge in [-0.05, 0) is 30.4 Å². The quantitative estimate of drug-likeness (QED) is 0.855. The van der Waals surface area contributed by atoms with E-state index in [1.807, 2.05) is 6.07 Å². The number of nitrogens with two attached hydrogens (primary N) is 1. The Balaban J connectivity index is 2.30. The van der Waals surface area contributed by atoms with Gasteiger partial charge in [0.25, 0.3) is 0 Å². The normalized spacial score (nSPS) is 19.4. The van der Waals surface area contributed by atoms with Gasteiger partial charge in [0.15, 0.2) is 0 Å². The van der Waals surface area contributed by atoms with Crippen molar-refractivity contribution in [3.8, 4) is 0 Å². The van der Waals surface area contributed by atoms with Crippen molar-refractivity contribution in [2.24, 2.45) is 11.1 Å². The first-order valence-electron chi connectivity index (χ1n) is 6.26. The fourth-order valence-electron chi connectivity index (χ4n) is 2.67. The summed E-state index contributed by atoms with van der Waals surface area (Å²) in [6.45, 7) is 6.77. The SMILES string of the molecule is CC1(C)CCCN(c2cccc(F)c2CN)C1. The van der Waals surface area contributed by atoms with Crippen LogP contribution in [0.1, 0.15) is 32.3 Å². The Labute approximate surface area is 103 Å². The molecule has 0 spiro atoms. The minimum absolute atomic E-state index is 0.187. The van der Waals surface area contributed by atoms with Crippen molar-refractivity contribution in [1.82, 2.24) is 0 Å². The van der Waals surface area contributed by atoms with E-state index in [-0.39, 0.29) is 12.4 Å². The number of rotatable bonds is 2. The zero-order valence-electron chi connectivity index (χ0n) is 10.7. The van der Waals surface area contributed by atoms with Crippen molar-refractivity contribution >= 4 is 5.69 Å². The second-order valence-corrected chi connectivity index (χ2v) is 5.63. The van der Waals surface area contributed by atoms with E-state index < -0.39 is 0 Å². The molecule has 1 aromatic rings. The van der Waals surface area contributed by atoms with Crippen molar-refractivity contribution in [2.75, 3.05) is 18.0 Å². The van der Waals surface area contributed by atoms with Gasteiger partial charge in [0.1, 0.15) is 5.82 Å². The van der Waals surface area contributed by atoms with Gasteiger partial charge >= 0.3 is 0 Å². The second kappa shape index (κ2) is 4.65. The topological polar surface area (TPSA) is 29.3 Å². The predicted molar refractivity (Wildman–Crippen MR) is 69.5 cm³/mol. The Bertz CT molecular complexity index is 401. The van der Waals surface area contributed by atoms with Gasteiger partial charge in [0.05, 0.1) is 0 Å². The number of benzene rings is 1. The lowest BCUT2D eigenvalue weighted by Crippen LogP contribution is -2.40. The number of hydrogen-bond acceptors (Lipinski definition) is 2. The lowest BCUT2D eigenvalue weighted by molar-refractivity contribution is 0.292. The number of hydrogen-bond donors (Lipinski definition) is 1. The van der Waals surface area contributed by atoms with Crippen LogP contribution < -0.4 is 10.6 Å². The Hall–Kier alpha value is -1.09. The molecule has 2 N–H and O–H groups in total. The van der Waals surface area contributed by atoms with Gasteiger partial charge in [-0.15, -0.1) is 0 Å². The third kappa shape index (κ3) is 2.60. The zero-order chi connectivity index (χ0) is 12.5. The van der Waals surface area contributed by atoms with Crippen LogP contribution in [0.3, 0.4) is 0 Å². The van der Waals surface area contributed by atoms with Gasteiger partial charge < -0.3 is 10.6 Å². The summed E-state index contributed by atoms with van der Waals surface area (Å²) in [5.74, 6) is -0.187. The molecule has 1 fully saturated rings. The third-order valence-electron chi connectivity index (χ3n) is 3.54. The van der Waals surface area contributed by atoms with Gasteiger partial charge in [-0.25, -0.2) is 4.39 Å². The maximum atomic E-state index is 13.7. The largest absolute Gasteiger partial charge is 0.371 e. The minimum atomic E-state index is -0.187. The van der Waals surface area contributed by atoms with Crippen molar-refractivity contribution < 1.29 is 4.39 Å². The van der Waals surface area contributed by atoms with Crippen LogP contribution in [0, 0.1) is 11.2 Å². The maximum Gasteiger partial charge on any atom is 0.129 e. The van der Waals surface area contributed by atoms with Crippen molar-refractivity contribution in [1.29, 1.82) is 0 Å². The highest BCUT2D eigenvalue weighted by Gasteiger charge is 2.27. The molecular weight excluding hydrogens is 215 g/mol. The van der Waals surface area contributed by atoms with Crippen LogP contribution >= 0.6 is 0 Å². The molecule has 2 nitrogen and oxygen atoms in total.